The van der Waals surface area contributed by atoms with Gasteiger partial charge >= 0.3 is 0 Å². The molecule has 7 aromatic rings. The molecule has 3 heteroatoms. The average molecular weight is 522 g/mol. The van der Waals surface area contributed by atoms with Gasteiger partial charge in [0.15, 0.2) is 5.69 Å². The molecule has 1 heterocycles. The van der Waals surface area contributed by atoms with Gasteiger partial charge < -0.3 is 4.57 Å². The number of benzene rings is 6. The summed E-state index contributed by atoms with van der Waals surface area (Å²) in [4.78, 5) is 3.83. The van der Waals surface area contributed by atoms with Gasteiger partial charge in [-0.25, -0.2) is 4.85 Å². The second-order valence-electron chi connectivity index (χ2n) is 10.0. The average Bonchev–Trinajstić information content (AvgIpc) is 3.39. The Bertz CT molecular complexity index is 2120. The van der Waals surface area contributed by atoms with Crippen molar-refractivity contribution in [3.05, 3.63) is 157 Å². The maximum atomic E-state index is 10.2. The van der Waals surface area contributed by atoms with Crippen molar-refractivity contribution in [1.29, 1.82) is 5.26 Å². The van der Waals surface area contributed by atoms with Crippen molar-refractivity contribution in [3.8, 4) is 45.1 Å². The van der Waals surface area contributed by atoms with Crippen LogP contribution in [-0.2, 0) is 0 Å². The van der Waals surface area contributed by atoms with Gasteiger partial charge in [0.2, 0.25) is 0 Å². The summed E-state index contributed by atoms with van der Waals surface area (Å²) in [7, 11) is 0. The van der Waals surface area contributed by atoms with Gasteiger partial charge in [-0.2, -0.15) is 5.26 Å². The molecule has 0 saturated heterocycles. The second-order valence-corrected chi connectivity index (χ2v) is 10.0. The Kier molecular flexibility index (Phi) is 5.90. The Morgan fingerprint density at radius 3 is 1.80 bits per heavy atom. The summed E-state index contributed by atoms with van der Waals surface area (Å²) in [6.45, 7) is 7.87. The van der Waals surface area contributed by atoms with Crippen molar-refractivity contribution in [2.24, 2.45) is 0 Å². The van der Waals surface area contributed by atoms with Crippen molar-refractivity contribution in [2.45, 2.75) is 0 Å². The molecule has 0 N–H and O–H groups in total. The quantitative estimate of drug-likeness (QED) is 0.212. The Hall–Kier alpha value is -5.90. The van der Waals surface area contributed by atoms with Gasteiger partial charge in [0.05, 0.1) is 23.2 Å². The van der Waals surface area contributed by atoms with Crippen LogP contribution in [0.4, 0.5) is 5.69 Å². The number of nitrogens with zero attached hydrogens (tertiary/aromatic N) is 3. The Labute approximate surface area is 238 Å². The van der Waals surface area contributed by atoms with Crippen LogP contribution in [0.1, 0.15) is 5.56 Å². The third kappa shape index (κ3) is 4.14. The van der Waals surface area contributed by atoms with Crippen LogP contribution in [0, 0.1) is 17.9 Å². The topological polar surface area (TPSA) is 33.1 Å². The van der Waals surface area contributed by atoms with Gasteiger partial charge in [0, 0.05) is 27.6 Å². The van der Waals surface area contributed by atoms with E-state index in [9.17, 15) is 5.26 Å². The summed E-state index contributed by atoms with van der Waals surface area (Å²) >= 11 is 0. The zero-order valence-corrected chi connectivity index (χ0v) is 22.1. The molecule has 0 atom stereocenters. The number of nitriles is 1. The fourth-order valence-corrected chi connectivity index (χ4v) is 5.79. The Morgan fingerprint density at radius 1 is 0.537 bits per heavy atom. The van der Waals surface area contributed by atoms with Crippen molar-refractivity contribution < 1.29 is 0 Å². The van der Waals surface area contributed by atoms with Crippen molar-refractivity contribution in [3.63, 3.8) is 0 Å². The maximum Gasteiger partial charge on any atom is 0.189 e. The van der Waals surface area contributed by atoms with Crippen molar-refractivity contribution in [1.82, 2.24) is 4.57 Å². The SMILES string of the molecule is [C-]#[N+]c1cc(-c2cccc(-c3cccc(-c4ccccc4)c3C#N)c2)cc(-n2c3ccccc3c3ccccc32)c1. The van der Waals surface area contributed by atoms with Crippen LogP contribution in [0.15, 0.2) is 140 Å². The Balaban J connectivity index is 1.40. The molecule has 190 valence electrons. The standard InChI is InChI=1S/C38H23N3/c1-40-30-22-29(23-31(24-30)41-37-19-7-5-15-34(37)35-16-6-8-20-38(35)41)27-13-9-14-28(21-27)33-18-10-17-32(36(33)25-39)26-11-3-2-4-12-26/h2-24H. The zero-order chi connectivity index (χ0) is 27.8. The molecule has 0 amide bonds. The number of hydrogen-bond donors (Lipinski definition) is 0. The molecular formula is C38H23N3. The van der Waals surface area contributed by atoms with Crippen LogP contribution in [0.5, 0.6) is 0 Å². The minimum Gasteiger partial charge on any atom is -0.310 e. The minimum absolute atomic E-state index is 0.577. The van der Waals surface area contributed by atoms with E-state index in [1.54, 1.807) is 0 Å². The largest absolute Gasteiger partial charge is 0.310 e. The molecule has 0 aliphatic rings. The highest BCUT2D eigenvalue weighted by molar-refractivity contribution is 6.09. The first-order valence-electron chi connectivity index (χ1n) is 13.5. The number of rotatable bonds is 4. The normalized spacial score (nSPS) is 10.9. The van der Waals surface area contributed by atoms with E-state index in [4.69, 9.17) is 6.57 Å². The van der Waals surface area contributed by atoms with Gasteiger partial charge in [-0.05, 0) is 58.7 Å². The molecular weight excluding hydrogens is 498 g/mol. The predicted octanol–water partition coefficient (Wildman–Crippen LogP) is 10.2. The summed E-state index contributed by atoms with van der Waals surface area (Å²) < 4.78 is 2.24. The number of aromatic nitrogens is 1. The minimum atomic E-state index is 0.577. The van der Waals surface area contributed by atoms with Crippen LogP contribution in [0.25, 0.3) is 65.7 Å². The third-order valence-electron chi connectivity index (χ3n) is 7.64. The summed E-state index contributed by atoms with van der Waals surface area (Å²) in [6.07, 6.45) is 0. The summed E-state index contributed by atoms with van der Waals surface area (Å²) in [5.74, 6) is 0. The Morgan fingerprint density at radius 2 is 1.12 bits per heavy atom. The lowest BCUT2D eigenvalue weighted by Crippen LogP contribution is -1.94. The van der Waals surface area contributed by atoms with E-state index < -0.39 is 0 Å². The highest BCUT2D eigenvalue weighted by Crippen LogP contribution is 2.37. The van der Waals surface area contributed by atoms with Crippen LogP contribution in [0.3, 0.4) is 0 Å². The molecule has 0 saturated carbocycles. The van der Waals surface area contributed by atoms with Crippen molar-refractivity contribution in [2.75, 3.05) is 0 Å². The monoisotopic (exact) mass is 521 g/mol. The first-order valence-corrected chi connectivity index (χ1v) is 13.5. The molecule has 0 bridgehead atoms. The van der Waals surface area contributed by atoms with Crippen LogP contribution in [0.2, 0.25) is 0 Å². The number of hydrogen-bond acceptors (Lipinski definition) is 1. The summed E-state index contributed by atoms with van der Waals surface area (Å²) in [5, 5.41) is 12.6. The highest BCUT2D eigenvalue weighted by atomic mass is 15.0. The zero-order valence-electron chi connectivity index (χ0n) is 22.1. The lowest BCUT2D eigenvalue weighted by Gasteiger charge is -2.14. The van der Waals surface area contributed by atoms with E-state index in [0.29, 0.717) is 11.3 Å². The van der Waals surface area contributed by atoms with Crippen LogP contribution in [-0.4, -0.2) is 4.57 Å². The first kappa shape index (κ1) is 24.2. The lowest BCUT2D eigenvalue weighted by atomic mass is 9.91. The predicted molar refractivity (Wildman–Crippen MR) is 168 cm³/mol. The third-order valence-corrected chi connectivity index (χ3v) is 7.64. The highest BCUT2D eigenvalue weighted by Gasteiger charge is 2.15. The van der Waals surface area contributed by atoms with E-state index in [-0.39, 0.29) is 0 Å². The molecule has 0 unspecified atom stereocenters. The summed E-state index contributed by atoms with van der Waals surface area (Å²) in [5.41, 5.74) is 10.1. The van der Waals surface area contributed by atoms with E-state index in [1.165, 1.54) is 10.8 Å². The fraction of sp³-hybridized carbons (Fsp3) is 0. The van der Waals surface area contributed by atoms with E-state index in [1.807, 2.05) is 72.8 Å². The van der Waals surface area contributed by atoms with Gasteiger partial charge in [0.1, 0.15) is 6.07 Å². The molecule has 0 aliphatic carbocycles. The smallest absolute Gasteiger partial charge is 0.189 e. The number of para-hydroxylation sites is 2. The molecule has 0 spiro atoms. The molecule has 0 radical (unpaired) electrons. The molecule has 7 rings (SSSR count). The van der Waals surface area contributed by atoms with E-state index in [2.05, 4.69) is 82.2 Å². The molecule has 41 heavy (non-hydrogen) atoms. The lowest BCUT2D eigenvalue weighted by molar-refractivity contribution is 1.18. The maximum absolute atomic E-state index is 10.2. The van der Waals surface area contributed by atoms with Gasteiger partial charge in [-0.15, -0.1) is 0 Å². The van der Waals surface area contributed by atoms with Crippen molar-refractivity contribution >= 4 is 27.5 Å². The van der Waals surface area contributed by atoms with Gasteiger partial charge in [-0.1, -0.05) is 103 Å². The second kappa shape index (κ2) is 10.0. The summed E-state index contributed by atoms with van der Waals surface area (Å²) in [6, 6.07) is 49.6. The molecule has 1 aromatic heterocycles. The molecule has 3 nitrogen and oxygen atoms in total. The van der Waals surface area contributed by atoms with E-state index in [0.717, 1.165) is 50.1 Å². The first-order chi connectivity index (χ1) is 20.2. The number of fused-ring (bicyclic) bond motifs is 3. The molecule has 0 fully saturated rings. The van der Waals surface area contributed by atoms with Gasteiger partial charge in [-0.3, -0.25) is 0 Å². The van der Waals surface area contributed by atoms with Gasteiger partial charge in [0.25, 0.3) is 0 Å². The van der Waals surface area contributed by atoms with Crippen LogP contribution < -0.4 is 0 Å². The fourth-order valence-electron chi connectivity index (χ4n) is 5.79. The molecule has 6 aromatic carbocycles. The van der Waals surface area contributed by atoms with Crippen LogP contribution >= 0.6 is 0 Å². The molecule has 0 aliphatic heterocycles. The van der Waals surface area contributed by atoms with E-state index >= 15 is 0 Å².